The van der Waals surface area contributed by atoms with E-state index in [9.17, 15) is 4.39 Å². The first-order valence-electron chi connectivity index (χ1n) is 4.91. The van der Waals surface area contributed by atoms with E-state index in [1.54, 1.807) is 0 Å². The molecule has 1 unspecified atom stereocenters. The third-order valence-electron chi connectivity index (χ3n) is 2.29. The van der Waals surface area contributed by atoms with E-state index in [-0.39, 0.29) is 5.41 Å². The van der Waals surface area contributed by atoms with Gasteiger partial charge in [0.15, 0.2) is 0 Å². The lowest BCUT2D eigenvalue weighted by Crippen LogP contribution is -2.29. The maximum absolute atomic E-state index is 13.8. The molecule has 0 aromatic carbocycles. The summed E-state index contributed by atoms with van der Waals surface area (Å²) in [6.07, 6.45) is 5.70. The fraction of sp³-hybridized carbons (Fsp3) is 0.818. The van der Waals surface area contributed by atoms with E-state index in [0.29, 0.717) is 19.3 Å². The summed E-state index contributed by atoms with van der Waals surface area (Å²) in [6.45, 7) is 6.03. The third kappa shape index (κ3) is 2.80. The molecule has 78 valence electrons. The van der Waals surface area contributed by atoms with Gasteiger partial charge in [-0.2, -0.15) is 10.2 Å². The highest BCUT2D eigenvalue weighted by molar-refractivity contribution is 5.03. The van der Waals surface area contributed by atoms with Crippen LogP contribution >= 0.6 is 0 Å². The highest BCUT2D eigenvalue weighted by Gasteiger charge is 2.49. The Morgan fingerprint density at radius 3 is 2.36 bits per heavy atom. The molecule has 1 atom stereocenters. The fourth-order valence-electron chi connectivity index (χ4n) is 1.40. The summed E-state index contributed by atoms with van der Waals surface area (Å²) in [5.74, 6) is 2.49. The Bertz CT molecular complexity index is 264. The third-order valence-corrected chi connectivity index (χ3v) is 2.29. The molecule has 0 N–H and O–H groups in total. The van der Waals surface area contributed by atoms with Crippen molar-refractivity contribution in [2.75, 3.05) is 0 Å². The summed E-state index contributed by atoms with van der Waals surface area (Å²) in [5.41, 5.74) is -0.824. The van der Waals surface area contributed by atoms with Crippen molar-refractivity contribution in [1.82, 2.24) is 0 Å². The van der Waals surface area contributed by atoms with Gasteiger partial charge in [-0.3, -0.25) is 0 Å². The molecule has 0 aromatic heterocycles. The van der Waals surface area contributed by atoms with Gasteiger partial charge in [0.05, 0.1) is 0 Å². The minimum absolute atomic E-state index is 0.0316. The van der Waals surface area contributed by atoms with E-state index in [4.69, 9.17) is 6.42 Å². The van der Waals surface area contributed by atoms with Gasteiger partial charge in [0.25, 0.3) is 0 Å². The maximum atomic E-state index is 13.8. The highest BCUT2D eigenvalue weighted by Crippen LogP contribution is 2.42. The quantitative estimate of drug-likeness (QED) is 0.616. The van der Waals surface area contributed by atoms with E-state index >= 15 is 0 Å². The molecule has 1 rings (SSSR count). The molecule has 0 radical (unpaired) electrons. The van der Waals surface area contributed by atoms with Crippen LogP contribution in [0, 0.1) is 17.8 Å². The smallest absolute Gasteiger partial charge is 0.222 e. The molecule has 0 amide bonds. The van der Waals surface area contributed by atoms with Gasteiger partial charge in [-0.25, -0.2) is 4.39 Å². The van der Waals surface area contributed by atoms with Crippen LogP contribution in [0.15, 0.2) is 10.2 Å². The van der Waals surface area contributed by atoms with Crippen molar-refractivity contribution in [3.63, 3.8) is 0 Å². The largest absolute Gasteiger partial charge is 0.242 e. The van der Waals surface area contributed by atoms with Crippen LogP contribution in [0.2, 0.25) is 0 Å². The van der Waals surface area contributed by atoms with Gasteiger partial charge in [0.2, 0.25) is 5.66 Å². The predicted molar refractivity (Wildman–Crippen MR) is 54.6 cm³/mol. The Kier molecular flexibility index (Phi) is 2.94. The Morgan fingerprint density at radius 2 is 2.00 bits per heavy atom. The Labute approximate surface area is 85.0 Å². The zero-order valence-electron chi connectivity index (χ0n) is 9.05. The summed E-state index contributed by atoms with van der Waals surface area (Å²) in [6, 6.07) is 0. The second-order valence-electron chi connectivity index (χ2n) is 5.01. The number of halogens is 1. The summed E-state index contributed by atoms with van der Waals surface area (Å²) in [5, 5.41) is 7.62. The van der Waals surface area contributed by atoms with E-state index in [1.807, 2.05) is 20.8 Å². The normalized spacial score (nSPS) is 20.2. The van der Waals surface area contributed by atoms with Crippen molar-refractivity contribution in [3.05, 3.63) is 0 Å². The van der Waals surface area contributed by atoms with Gasteiger partial charge in [-0.15, -0.1) is 12.3 Å². The number of nitrogens with zero attached hydrogens (tertiary/aromatic N) is 2. The minimum atomic E-state index is -0.990. The van der Waals surface area contributed by atoms with E-state index in [1.165, 1.54) is 0 Å². The molecule has 0 spiro atoms. The molecule has 0 bridgehead atoms. The first-order valence-corrected chi connectivity index (χ1v) is 4.91. The van der Waals surface area contributed by atoms with Crippen molar-refractivity contribution >= 4 is 0 Å². The van der Waals surface area contributed by atoms with Crippen LogP contribution in [0.3, 0.4) is 0 Å². The maximum Gasteiger partial charge on any atom is 0.222 e. The molecule has 14 heavy (non-hydrogen) atoms. The van der Waals surface area contributed by atoms with Gasteiger partial charge >= 0.3 is 0 Å². The summed E-state index contributed by atoms with van der Waals surface area (Å²) >= 11 is 0. The first-order chi connectivity index (χ1) is 6.40. The lowest BCUT2D eigenvalue weighted by atomic mass is 9.85. The van der Waals surface area contributed by atoms with Crippen molar-refractivity contribution < 1.29 is 4.39 Å². The predicted octanol–water partition coefficient (Wildman–Crippen LogP) is 3.34. The standard InChI is InChI=1S/C11H17FN2/c1-5-6-7-11(13-14-11)9(12)8-10(2,3)4/h1,9H,6-8H2,2-4H3. The molecule has 0 aliphatic carbocycles. The van der Waals surface area contributed by atoms with Gasteiger partial charge in [-0.1, -0.05) is 20.8 Å². The average molecular weight is 196 g/mol. The minimum Gasteiger partial charge on any atom is -0.242 e. The van der Waals surface area contributed by atoms with Gasteiger partial charge in [0, 0.05) is 12.8 Å². The first kappa shape index (κ1) is 11.2. The van der Waals surface area contributed by atoms with Crippen molar-refractivity contribution in [3.8, 4) is 12.3 Å². The molecule has 0 fully saturated rings. The molecular weight excluding hydrogens is 179 g/mol. The van der Waals surface area contributed by atoms with E-state index in [2.05, 4.69) is 16.1 Å². The number of alkyl halides is 1. The SMILES string of the molecule is C#CCCC1(C(F)CC(C)(C)C)N=N1. The van der Waals surface area contributed by atoms with Crippen LogP contribution in [0.5, 0.6) is 0 Å². The number of hydrogen-bond donors (Lipinski definition) is 0. The van der Waals surface area contributed by atoms with Crippen LogP contribution in [-0.2, 0) is 0 Å². The monoisotopic (exact) mass is 196 g/mol. The molecule has 1 aliphatic rings. The highest BCUT2D eigenvalue weighted by atomic mass is 19.1. The van der Waals surface area contributed by atoms with Crippen LogP contribution in [0.4, 0.5) is 4.39 Å². The molecule has 1 heterocycles. The molecule has 0 saturated carbocycles. The zero-order chi connectivity index (χ0) is 10.8. The molecule has 0 aromatic rings. The second kappa shape index (κ2) is 3.68. The Hall–Kier alpha value is -0.910. The Balaban J connectivity index is 2.44. The lowest BCUT2D eigenvalue weighted by Gasteiger charge is -2.23. The Morgan fingerprint density at radius 1 is 1.43 bits per heavy atom. The van der Waals surface area contributed by atoms with Crippen LogP contribution in [0.25, 0.3) is 0 Å². The lowest BCUT2D eigenvalue weighted by molar-refractivity contribution is 0.169. The summed E-state index contributed by atoms with van der Waals surface area (Å²) in [4.78, 5) is 0. The van der Waals surface area contributed by atoms with E-state index < -0.39 is 11.8 Å². The fourth-order valence-corrected chi connectivity index (χ4v) is 1.40. The van der Waals surface area contributed by atoms with Crippen LogP contribution in [-0.4, -0.2) is 11.8 Å². The average Bonchev–Trinajstić information content (AvgIpc) is 2.78. The van der Waals surface area contributed by atoms with Crippen LogP contribution in [0.1, 0.15) is 40.0 Å². The van der Waals surface area contributed by atoms with Crippen molar-refractivity contribution in [2.24, 2.45) is 15.6 Å². The zero-order valence-corrected chi connectivity index (χ0v) is 9.05. The molecule has 2 nitrogen and oxygen atoms in total. The van der Waals surface area contributed by atoms with Crippen LogP contribution < -0.4 is 0 Å². The topological polar surface area (TPSA) is 24.7 Å². The molecule has 3 heteroatoms. The van der Waals surface area contributed by atoms with Gasteiger partial charge in [0.1, 0.15) is 6.17 Å². The second-order valence-corrected chi connectivity index (χ2v) is 5.01. The molecule has 1 aliphatic heterocycles. The van der Waals surface area contributed by atoms with E-state index in [0.717, 1.165) is 0 Å². The van der Waals surface area contributed by atoms with Crippen molar-refractivity contribution in [1.29, 1.82) is 0 Å². The van der Waals surface area contributed by atoms with Gasteiger partial charge < -0.3 is 0 Å². The molecule has 0 saturated heterocycles. The summed E-state index contributed by atoms with van der Waals surface area (Å²) < 4.78 is 13.8. The number of hydrogen-bond acceptors (Lipinski definition) is 2. The van der Waals surface area contributed by atoms with Crippen molar-refractivity contribution in [2.45, 2.75) is 51.9 Å². The van der Waals surface area contributed by atoms with Gasteiger partial charge in [-0.05, 0) is 11.8 Å². The molecular formula is C11H17FN2. The summed E-state index contributed by atoms with van der Waals surface area (Å²) in [7, 11) is 0. The number of rotatable bonds is 4. The number of terminal acetylenes is 1.